The van der Waals surface area contributed by atoms with Crippen molar-refractivity contribution in [2.24, 2.45) is 0 Å². The molecular formula is C12H13NO5. The van der Waals surface area contributed by atoms with Gasteiger partial charge in [-0.1, -0.05) is 6.58 Å². The smallest absolute Gasteiger partial charge is 0.339 e. The molecule has 0 fully saturated rings. The van der Waals surface area contributed by atoms with Crippen molar-refractivity contribution >= 4 is 17.2 Å². The normalized spacial score (nSPS) is 11.7. The zero-order valence-electron chi connectivity index (χ0n) is 9.83. The van der Waals surface area contributed by atoms with Crippen LogP contribution in [0.15, 0.2) is 30.8 Å². The fraction of sp³-hybridized carbons (Fsp3) is 0.250. The Labute approximate surface area is 104 Å². The average Bonchev–Trinajstić information content (AvgIpc) is 2.37. The number of benzene rings is 1. The van der Waals surface area contributed by atoms with Crippen LogP contribution >= 0.6 is 0 Å². The molecule has 0 spiro atoms. The lowest BCUT2D eigenvalue weighted by molar-refractivity contribution is -0.384. The number of ether oxygens (including phenoxy) is 1. The van der Waals surface area contributed by atoms with Gasteiger partial charge in [-0.05, 0) is 30.2 Å². The molecule has 0 aromatic heterocycles. The van der Waals surface area contributed by atoms with Gasteiger partial charge in [0, 0.05) is 12.1 Å². The van der Waals surface area contributed by atoms with E-state index in [1.54, 1.807) is 6.92 Å². The van der Waals surface area contributed by atoms with Crippen molar-refractivity contribution in [2.45, 2.75) is 13.0 Å². The zero-order valence-corrected chi connectivity index (χ0v) is 9.83. The van der Waals surface area contributed by atoms with Crippen molar-refractivity contribution in [2.75, 3.05) is 6.61 Å². The molecule has 1 aromatic carbocycles. The quantitative estimate of drug-likeness (QED) is 0.487. The second-order valence-electron chi connectivity index (χ2n) is 3.48. The molecule has 0 aliphatic carbocycles. The fourth-order valence-corrected chi connectivity index (χ4v) is 1.32. The molecule has 6 heteroatoms. The fourth-order valence-electron chi connectivity index (χ4n) is 1.32. The topological polar surface area (TPSA) is 89.7 Å². The van der Waals surface area contributed by atoms with Crippen LogP contribution in [-0.4, -0.2) is 28.7 Å². The highest BCUT2D eigenvalue weighted by Crippen LogP contribution is 2.20. The lowest BCUT2D eigenvalue weighted by Crippen LogP contribution is -2.24. The molecule has 18 heavy (non-hydrogen) atoms. The first kappa shape index (κ1) is 13.9. The summed E-state index contributed by atoms with van der Waals surface area (Å²) in [5.41, 5.74) is 0.515. The molecule has 0 heterocycles. The van der Waals surface area contributed by atoms with Crippen molar-refractivity contribution in [3.8, 4) is 0 Å². The average molecular weight is 251 g/mol. The van der Waals surface area contributed by atoms with Gasteiger partial charge in [0.25, 0.3) is 5.69 Å². The van der Waals surface area contributed by atoms with Gasteiger partial charge in [-0.25, -0.2) is 4.79 Å². The van der Waals surface area contributed by atoms with E-state index in [9.17, 15) is 20.0 Å². The second-order valence-corrected chi connectivity index (χ2v) is 3.48. The molecule has 0 radical (unpaired) electrons. The first-order valence-electron chi connectivity index (χ1n) is 5.25. The summed E-state index contributed by atoms with van der Waals surface area (Å²) in [6, 6.07) is 5.39. The minimum absolute atomic E-state index is 0.0721. The number of aliphatic hydroxyl groups excluding tert-OH is 1. The molecule has 6 nitrogen and oxygen atoms in total. The number of non-ortho nitro benzene ring substituents is 1. The molecule has 1 unspecified atom stereocenters. The summed E-state index contributed by atoms with van der Waals surface area (Å²) >= 11 is 0. The van der Waals surface area contributed by atoms with Crippen LogP contribution in [0.4, 0.5) is 5.69 Å². The van der Waals surface area contributed by atoms with Crippen LogP contribution in [0, 0.1) is 10.1 Å². The maximum Gasteiger partial charge on any atom is 0.339 e. The highest BCUT2D eigenvalue weighted by atomic mass is 16.6. The maximum absolute atomic E-state index is 11.3. The van der Waals surface area contributed by atoms with E-state index in [0.29, 0.717) is 5.56 Å². The van der Waals surface area contributed by atoms with E-state index in [1.165, 1.54) is 24.3 Å². The minimum atomic E-state index is -1.47. The van der Waals surface area contributed by atoms with Crippen LogP contribution in [0.3, 0.4) is 0 Å². The van der Waals surface area contributed by atoms with Crippen molar-refractivity contribution in [1.29, 1.82) is 0 Å². The number of hydrogen-bond donors (Lipinski definition) is 1. The van der Waals surface area contributed by atoms with Crippen LogP contribution in [0.25, 0.3) is 5.57 Å². The molecule has 1 aromatic rings. The van der Waals surface area contributed by atoms with Gasteiger partial charge < -0.3 is 9.84 Å². The molecule has 0 aliphatic rings. The summed E-state index contributed by atoms with van der Waals surface area (Å²) < 4.78 is 4.65. The van der Waals surface area contributed by atoms with Crippen LogP contribution in [0.2, 0.25) is 0 Å². The number of carbonyl (C=O) groups excluding carboxylic acids is 1. The number of rotatable bonds is 5. The number of hydrogen-bond acceptors (Lipinski definition) is 5. The van der Waals surface area contributed by atoms with Crippen LogP contribution in [-0.2, 0) is 9.53 Å². The zero-order chi connectivity index (χ0) is 13.7. The molecule has 1 atom stereocenters. The van der Waals surface area contributed by atoms with Gasteiger partial charge in [0.15, 0.2) is 6.10 Å². The third kappa shape index (κ3) is 3.14. The predicted octanol–water partition coefficient (Wildman–Crippen LogP) is 1.53. The molecule has 0 aliphatic heterocycles. The summed E-state index contributed by atoms with van der Waals surface area (Å²) in [7, 11) is 0. The van der Waals surface area contributed by atoms with Gasteiger partial charge in [-0.15, -0.1) is 0 Å². The molecule has 0 amide bonds. The lowest BCUT2D eigenvalue weighted by atomic mass is 10.0. The molecule has 0 saturated carbocycles. The van der Waals surface area contributed by atoms with Gasteiger partial charge >= 0.3 is 5.97 Å². The Hall–Kier alpha value is -2.21. The Morgan fingerprint density at radius 3 is 2.50 bits per heavy atom. The van der Waals surface area contributed by atoms with Crippen molar-refractivity contribution < 1.29 is 19.6 Å². The van der Waals surface area contributed by atoms with E-state index in [-0.39, 0.29) is 17.9 Å². The number of esters is 1. The molecule has 1 rings (SSSR count). The Balaban J connectivity index is 2.84. The largest absolute Gasteiger partial charge is 0.464 e. The lowest BCUT2D eigenvalue weighted by Gasteiger charge is -2.12. The third-order valence-electron chi connectivity index (χ3n) is 2.29. The van der Waals surface area contributed by atoms with E-state index in [4.69, 9.17) is 0 Å². The predicted molar refractivity (Wildman–Crippen MR) is 64.8 cm³/mol. The van der Waals surface area contributed by atoms with E-state index in [2.05, 4.69) is 11.3 Å². The maximum atomic E-state index is 11.3. The highest BCUT2D eigenvalue weighted by Gasteiger charge is 2.21. The molecule has 1 N–H and O–H groups in total. The summed E-state index contributed by atoms with van der Waals surface area (Å²) in [5, 5.41) is 20.1. The number of nitro groups is 1. The van der Waals surface area contributed by atoms with E-state index in [0.717, 1.165) is 0 Å². The minimum Gasteiger partial charge on any atom is -0.464 e. The van der Waals surface area contributed by atoms with E-state index < -0.39 is 17.0 Å². The summed E-state index contributed by atoms with van der Waals surface area (Å²) in [5.74, 6) is -0.791. The summed E-state index contributed by atoms with van der Waals surface area (Å²) in [6.45, 7) is 5.36. The van der Waals surface area contributed by atoms with Gasteiger partial charge in [-0.2, -0.15) is 0 Å². The van der Waals surface area contributed by atoms with E-state index >= 15 is 0 Å². The molecule has 0 saturated heterocycles. The van der Waals surface area contributed by atoms with Crippen molar-refractivity contribution in [1.82, 2.24) is 0 Å². The highest BCUT2D eigenvalue weighted by molar-refractivity contribution is 5.90. The Bertz CT molecular complexity index is 466. The number of aliphatic hydroxyl groups is 1. The summed E-state index contributed by atoms with van der Waals surface area (Å²) in [4.78, 5) is 21.2. The Kier molecular flexibility index (Phi) is 4.56. The van der Waals surface area contributed by atoms with Crippen molar-refractivity contribution in [3.63, 3.8) is 0 Å². The van der Waals surface area contributed by atoms with E-state index in [1.807, 2.05) is 0 Å². The second kappa shape index (κ2) is 5.92. The van der Waals surface area contributed by atoms with Crippen LogP contribution < -0.4 is 0 Å². The SMILES string of the molecule is C=C(c1ccc([N+](=O)[O-])cc1)C(O)C(=O)OCC. The number of carbonyl (C=O) groups is 1. The van der Waals surface area contributed by atoms with Gasteiger partial charge in [0.2, 0.25) is 0 Å². The van der Waals surface area contributed by atoms with Crippen LogP contribution in [0.1, 0.15) is 12.5 Å². The van der Waals surface area contributed by atoms with Gasteiger partial charge in [0.1, 0.15) is 0 Å². The third-order valence-corrected chi connectivity index (χ3v) is 2.29. The monoisotopic (exact) mass is 251 g/mol. The number of nitro benzene ring substituents is 1. The first-order chi connectivity index (χ1) is 8.47. The van der Waals surface area contributed by atoms with Gasteiger partial charge in [-0.3, -0.25) is 10.1 Å². The number of nitrogens with zero attached hydrogens (tertiary/aromatic N) is 1. The van der Waals surface area contributed by atoms with Crippen LogP contribution in [0.5, 0.6) is 0 Å². The molecule has 96 valence electrons. The first-order valence-corrected chi connectivity index (χ1v) is 5.25. The van der Waals surface area contributed by atoms with Crippen molar-refractivity contribution in [3.05, 3.63) is 46.5 Å². The summed E-state index contributed by atoms with van der Waals surface area (Å²) in [6.07, 6.45) is -1.47. The van der Waals surface area contributed by atoms with Gasteiger partial charge in [0.05, 0.1) is 11.5 Å². The Morgan fingerprint density at radius 1 is 1.50 bits per heavy atom. The standard InChI is InChI=1S/C12H13NO5/c1-3-18-12(15)11(14)8(2)9-4-6-10(7-5-9)13(16)17/h4-7,11,14H,2-3H2,1H3. The molecular weight excluding hydrogens is 238 g/mol. The molecule has 0 bridgehead atoms. The Morgan fingerprint density at radius 2 is 2.06 bits per heavy atom.